The summed E-state index contributed by atoms with van der Waals surface area (Å²) >= 11 is 0. The van der Waals surface area contributed by atoms with E-state index in [1.54, 1.807) is 0 Å². The average molecular weight is 2270 g/mol. The van der Waals surface area contributed by atoms with Crippen LogP contribution < -0.4 is 45.0 Å². The fourth-order valence-corrected chi connectivity index (χ4v) is 20.4. The van der Waals surface area contributed by atoms with Gasteiger partial charge in [0.05, 0.1) is 51.6 Å². The molecule has 0 radical (unpaired) electrons. The van der Waals surface area contributed by atoms with Crippen LogP contribution in [0.25, 0.3) is 0 Å². The Balaban J connectivity index is 0.000000217. The summed E-state index contributed by atoms with van der Waals surface area (Å²) in [6.07, 6.45) is -25.2. The van der Waals surface area contributed by atoms with Crippen LogP contribution in [-0.4, -0.2) is 236 Å². The topological polar surface area (TPSA) is 828 Å². The van der Waals surface area contributed by atoms with Crippen molar-refractivity contribution < 1.29 is 234 Å². The highest BCUT2D eigenvalue weighted by Crippen LogP contribution is 2.61. The van der Waals surface area contributed by atoms with Gasteiger partial charge in [-0.15, -0.1) is 0 Å². The molecule has 0 amide bonds. The Bertz CT molecular complexity index is 6830. The molecule has 56 nitrogen and oxygen atoms in total. The molecular weight excluding hydrogens is 2180 g/mol. The van der Waals surface area contributed by atoms with Crippen LogP contribution in [-0.2, 0) is 141 Å². The molecule has 0 saturated carbocycles. The number of aliphatic hydroxyl groups is 8. The Hall–Kier alpha value is -8.54. The minimum absolute atomic E-state index is 0.000212. The first-order valence-electron chi connectivity index (χ1n) is 40.4. The predicted molar refractivity (Wildman–Crippen MR) is 459 cm³/mol. The van der Waals surface area contributed by atoms with Gasteiger partial charge in [0.25, 0.3) is 40.0 Å². The SMILES string of the molecule is Cc1cn([C@@H]2O[C@H](COP(=O)(O)OP(=O)(O)O)[C@H](O)C2O)c(=O)n(CC(F)(F)c2ccc(F)cc2F)c1=O.Cc1cn([C@@H]2O[C@H](COP(=O)(O)OP(=O)(O)O)[C@H](O)C2O)c(=O)n(CC(F)(F)c2ccccc2)c1=O.Cc1cn([C@@H]2O[C@H](COP(=O)(O)OP(=O)(O)O)[C@H](O)C2O)c(=O)n(CC(F)(F)c2ccccc2)c1=O.Cc1cn([C@@H]2O[C@H](COP(=O)(O)OP(=O)(O)O)[C@H](O)C2O)c(=O)n(CCc2ccc(F)cc2F)c1=O. The fraction of sp³-hybridized carbons (Fsp3) is 0.444. The summed E-state index contributed by atoms with van der Waals surface area (Å²) in [6.45, 7) is -4.03. The van der Waals surface area contributed by atoms with Crippen LogP contribution in [0.1, 0.15) is 69.4 Å². The van der Waals surface area contributed by atoms with E-state index in [9.17, 15) is 179 Å². The number of rotatable bonds is 36. The van der Waals surface area contributed by atoms with E-state index in [4.69, 9.17) is 58.1 Å². The Labute approximate surface area is 806 Å². The van der Waals surface area contributed by atoms with E-state index in [0.717, 1.165) is 77.2 Å². The maximum Gasteiger partial charge on any atom is 0.481 e. The molecule has 0 bridgehead atoms. The quantitative estimate of drug-likeness (QED) is 0.0179. The summed E-state index contributed by atoms with van der Waals surface area (Å²) in [5, 5.41) is 82.3. The number of ether oxygens (including phenoxy) is 4. The van der Waals surface area contributed by atoms with Gasteiger partial charge in [-0.05, 0) is 57.9 Å². The first kappa shape index (κ1) is 121. The fourth-order valence-electron chi connectivity index (χ4n) is 14.0. The third kappa shape index (κ3) is 31.4. The summed E-state index contributed by atoms with van der Waals surface area (Å²) in [5.74, 6) is -15.9. The molecular formula is C72H86F10N8O48P8. The lowest BCUT2D eigenvalue weighted by atomic mass is 10.1. The maximum atomic E-state index is 14.8. The van der Waals surface area contributed by atoms with Crippen LogP contribution in [0, 0.1) is 51.0 Å². The lowest BCUT2D eigenvalue weighted by Gasteiger charge is -2.22. The van der Waals surface area contributed by atoms with E-state index < -0.39 is 310 Å². The molecule has 8 aromatic rings. The van der Waals surface area contributed by atoms with Crippen molar-refractivity contribution in [3.05, 3.63) is 273 Å². The first-order chi connectivity index (χ1) is 67.0. The third-order valence-corrected chi connectivity index (χ3v) is 29.4. The largest absolute Gasteiger partial charge is 0.481 e. The molecule has 8 heterocycles. The summed E-state index contributed by atoms with van der Waals surface area (Å²) in [4.78, 5) is 208. The molecule has 20 N–H and O–H groups in total. The van der Waals surface area contributed by atoms with Gasteiger partial charge in [0.2, 0.25) is 0 Å². The highest BCUT2D eigenvalue weighted by molar-refractivity contribution is 7.62. The maximum absolute atomic E-state index is 14.8. The standard InChI is InChI=1S/C18H20F4N2O12P2.3C18H22F2N2O12P2/c1-8-5-23(16-14(26)13(25)12(35-16)6-34-38(32,33)36-37(29,30)31)17(28)24(15(8)27)7-18(21,22)10-3-2-9(19)4-11(10)20;1-9-7-22(18(26)21(16(9)25)5-4-10-2-3-11(19)6-12(10)20)17-15(24)14(23)13(33-17)8-32-36(30,31)34-35(27,28)29;2*1-10-7-21(17(26)22(15(10)25)9-18(19,20)11-5-3-2-4-6-11)16-14(24)13(23)12(33-16)8-32-36(30,31)34-35(27,28)29/h2-5,12-14,16,25-26H,6-7H2,1H3,(H,32,33)(H2,29,30,31);2-3,6-7,13-15,17,23-24H,4-5,8H2,1H3,(H,30,31)(H2,27,28,29);2*2-7,12-14,16,23-24H,8-9H2,1H3,(H,30,31)(H2,27,28,29)/t12-,13+,14?,16-;13-,14+,15?,17-;2*12-,13+,14?,16-/m1111/s1. The van der Waals surface area contributed by atoms with E-state index in [2.05, 4.69) is 35.3 Å². The van der Waals surface area contributed by atoms with Crippen molar-refractivity contribution in [1.29, 1.82) is 0 Å². The van der Waals surface area contributed by atoms with Gasteiger partial charge < -0.3 is 119 Å². The highest BCUT2D eigenvalue weighted by Gasteiger charge is 2.53. The molecule has 146 heavy (non-hydrogen) atoms. The number of phosphoric ester groups is 4. The number of aliphatic hydroxyl groups excluding tert-OH is 8. The molecule has 74 heteroatoms. The van der Waals surface area contributed by atoms with Crippen molar-refractivity contribution in [2.24, 2.45) is 0 Å². The van der Waals surface area contributed by atoms with Crippen molar-refractivity contribution in [3.63, 3.8) is 0 Å². The van der Waals surface area contributed by atoms with E-state index >= 15 is 0 Å². The molecule has 0 aliphatic carbocycles. The number of halogens is 10. The average Bonchev–Trinajstić information content (AvgIpc) is 1.73. The minimum Gasteiger partial charge on any atom is -0.387 e. The van der Waals surface area contributed by atoms with Crippen molar-refractivity contribution >= 4 is 62.6 Å². The molecule has 4 aromatic carbocycles. The molecule has 4 saturated heterocycles. The van der Waals surface area contributed by atoms with E-state index in [1.165, 1.54) is 57.2 Å². The molecule has 4 aliphatic heterocycles. The van der Waals surface area contributed by atoms with Crippen molar-refractivity contribution in [1.82, 2.24) is 36.5 Å². The number of phosphoric acid groups is 8. The summed E-state index contributed by atoms with van der Waals surface area (Å²) in [7, 11) is -43.0. The zero-order chi connectivity index (χ0) is 110. The Morgan fingerprint density at radius 2 is 0.562 bits per heavy atom. The summed E-state index contributed by atoms with van der Waals surface area (Å²) in [6, 6.07) is 16.8. The molecule has 20 atom stereocenters. The number of hydrogen-bond donors (Lipinski definition) is 20. The Kier molecular flexibility index (Phi) is 39.1. The normalized spacial score (nSPS) is 24.3. The van der Waals surface area contributed by atoms with Gasteiger partial charge >= 0.3 is 85.3 Å². The van der Waals surface area contributed by atoms with Gasteiger partial charge in [-0.1, -0.05) is 66.7 Å². The number of alkyl halides is 6. The number of hydrogen-bond acceptors (Lipinski definition) is 36. The second kappa shape index (κ2) is 47.1. The molecule has 8 unspecified atom stereocenters. The number of nitrogens with zero attached hydrogens (tertiary/aromatic N) is 8. The van der Waals surface area contributed by atoms with Crippen LogP contribution in [0.2, 0.25) is 0 Å². The third-order valence-electron chi connectivity index (χ3n) is 20.8. The first-order valence-corrected chi connectivity index (χ1v) is 52.5. The van der Waals surface area contributed by atoms with Gasteiger partial charge in [-0.3, -0.25) is 73.8 Å². The number of aromatic nitrogens is 8. The second-order valence-corrected chi connectivity index (χ2v) is 42.9. The van der Waals surface area contributed by atoms with Gasteiger partial charge in [-0.2, -0.15) is 43.6 Å². The monoisotopic (exact) mass is 2270 g/mol. The number of aryl methyl sites for hydroxylation is 5. The second-order valence-electron chi connectivity index (χ2n) is 31.6. The lowest BCUT2D eigenvalue weighted by molar-refractivity contribution is -0.0573. The molecule has 0 spiro atoms. The van der Waals surface area contributed by atoms with Gasteiger partial charge in [0, 0.05) is 76.8 Å². The molecule has 4 aromatic heterocycles. The molecule has 12 rings (SSSR count). The van der Waals surface area contributed by atoms with Crippen molar-refractivity contribution in [2.75, 3.05) is 26.4 Å². The van der Waals surface area contributed by atoms with Crippen molar-refractivity contribution in [2.45, 2.75) is 176 Å². The van der Waals surface area contributed by atoms with E-state index in [0.29, 0.717) is 31.9 Å². The number of benzene rings is 4. The highest BCUT2D eigenvalue weighted by atomic mass is 31.3. The zero-order valence-electron chi connectivity index (χ0n) is 74.0. The lowest BCUT2D eigenvalue weighted by Crippen LogP contribution is -2.46. The molecule has 812 valence electrons. The summed E-state index contributed by atoms with van der Waals surface area (Å²) < 4.78 is 289. The van der Waals surface area contributed by atoms with Crippen LogP contribution >= 0.6 is 62.6 Å². The van der Waals surface area contributed by atoms with Crippen LogP contribution in [0.4, 0.5) is 43.9 Å². The Morgan fingerprint density at radius 3 is 0.815 bits per heavy atom. The smallest absolute Gasteiger partial charge is 0.387 e. The molecule has 4 aliphatic rings. The molecule has 4 fully saturated rings. The zero-order valence-corrected chi connectivity index (χ0v) is 81.1. The predicted octanol–water partition coefficient (Wildman–Crippen LogP) is -0.169. The van der Waals surface area contributed by atoms with E-state index in [-0.39, 0.29) is 60.6 Å². The van der Waals surface area contributed by atoms with Gasteiger partial charge in [-0.25, -0.2) is 73.3 Å². The van der Waals surface area contributed by atoms with Gasteiger partial charge in [0.1, 0.15) is 96.5 Å². The van der Waals surface area contributed by atoms with E-state index in [1.807, 2.05) is 0 Å². The van der Waals surface area contributed by atoms with Crippen LogP contribution in [0.15, 0.2) is 160 Å². The van der Waals surface area contributed by atoms with Crippen LogP contribution in [0.5, 0.6) is 0 Å². The Morgan fingerprint density at radius 1 is 0.322 bits per heavy atom. The summed E-state index contributed by atoms with van der Waals surface area (Å²) in [5.41, 5.74) is -12.0. The van der Waals surface area contributed by atoms with Gasteiger partial charge in [0.15, 0.2) is 24.9 Å². The van der Waals surface area contributed by atoms with Crippen molar-refractivity contribution in [3.8, 4) is 0 Å². The minimum atomic E-state index is -5.48. The van der Waals surface area contributed by atoms with Crippen LogP contribution in [0.3, 0.4) is 0 Å².